The molecule has 4 heteroatoms. The molecule has 0 aliphatic carbocycles. The molecule has 0 spiro atoms. The highest BCUT2D eigenvalue weighted by atomic mass is 16.3. The maximum Gasteiger partial charge on any atom is 0.252 e. The van der Waals surface area contributed by atoms with Gasteiger partial charge in [-0.05, 0) is 18.1 Å². The molecule has 4 nitrogen and oxygen atoms in total. The molecule has 0 bridgehead atoms. The fraction of sp³-hybridized carbons (Fsp3) is 0.375. The normalized spacial score (nSPS) is 13.9. The Kier molecular flexibility index (Phi) is 4.69. The highest BCUT2D eigenvalue weighted by Crippen LogP contribution is 2.16. The lowest BCUT2D eigenvalue weighted by Crippen LogP contribution is -2.35. The average Bonchev–Trinajstić information content (AvgIpc) is 2.50. The van der Waals surface area contributed by atoms with Crippen molar-refractivity contribution in [3.63, 3.8) is 0 Å². The molecule has 2 rings (SSSR count). The standard InChI is InChI=1S/C16H20N2O2/c1-3-11(2)15(19)10-18-16(20)13-8-9-17-14-7-5-4-6-12(13)14/h4-9,11,15,19H,3,10H2,1-2H3,(H,18,20). The minimum absolute atomic E-state index is 0.171. The molecule has 106 valence electrons. The first kappa shape index (κ1) is 14.5. The SMILES string of the molecule is CCC(C)C(O)CNC(=O)c1ccnc2ccccc12. The zero-order valence-corrected chi connectivity index (χ0v) is 11.8. The lowest BCUT2D eigenvalue weighted by Gasteiger charge is -2.17. The van der Waals surface area contributed by atoms with Gasteiger partial charge < -0.3 is 10.4 Å². The molecule has 20 heavy (non-hydrogen) atoms. The molecule has 1 aromatic heterocycles. The van der Waals surface area contributed by atoms with E-state index in [4.69, 9.17) is 0 Å². The van der Waals surface area contributed by atoms with Crippen molar-refractivity contribution >= 4 is 16.8 Å². The largest absolute Gasteiger partial charge is 0.391 e. The molecule has 1 amide bonds. The molecule has 2 aromatic rings. The van der Waals surface area contributed by atoms with E-state index < -0.39 is 6.10 Å². The highest BCUT2D eigenvalue weighted by molar-refractivity contribution is 6.05. The van der Waals surface area contributed by atoms with Crippen LogP contribution in [-0.4, -0.2) is 28.6 Å². The van der Waals surface area contributed by atoms with Gasteiger partial charge in [0.15, 0.2) is 0 Å². The molecule has 0 radical (unpaired) electrons. The molecular formula is C16H20N2O2. The molecular weight excluding hydrogens is 252 g/mol. The minimum atomic E-state index is -0.517. The number of aliphatic hydroxyl groups excluding tert-OH is 1. The van der Waals surface area contributed by atoms with Crippen LogP contribution >= 0.6 is 0 Å². The van der Waals surface area contributed by atoms with Crippen molar-refractivity contribution in [2.75, 3.05) is 6.54 Å². The summed E-state index contributed by atoms with van der Waals surface area (Å²) in [7, 11) is 0. The molecule has 0 aliphatic heterocycles. The predicted molar refractivity (Wildman–Crippen MR) is 79.5 cm³/mol. The van der Waals surface area contributed by atoms with Gasteiger partial charge in [0.2, 0.25) is 0 Å². The highest BCUT2D eigenvalue weighted by Gasteiger charge is 2.15. The number of amides is 1. The van der Waals surface area contributed by atoms with Crippen molar-refractivity contribution in [2.24, 2.45) is 5.92 Å². The van der Waals surface area contributed by atoms with Crippen molar-refractivity contribution < 1.29 is 9.90 Å². The average molecular weight is 272 g/mol. The Morgan fingerprint density at radius 2 is 2.10 bits per heavy atom. The van der Waals surface area contributed by atoms with Crippen LogP contribution in [0.4, 0.5) is 0 Å². The maximum absolute atomic E-state index is 12.2. The van der Waals surface area contributed by atoms with Gasteiger partial charge in [0.25, 0.3) is 5.91 Å². The first-order valence-electron chi connectivity index (χ1n) is 6.93. The van der Waals surface area contributed by atoms with Crippen molar-refractivity contribution in [3.8, 4) is 0 Å². The number of pyridine rings is 1. The lowest BCUT2D eigenvalue weighted by atomic mass is 10.0. The van der Waals surface area contributed by atoms with Crippen molar-refractivity contribution in [1.82, 2.24) is 10.3 Å². The van der Waals surface area contributed by atoms with Gasteiger partial charge in [-0.25, -0.2) is 0 Å². The topological polar surface area (TPSA) is 62.2 Å². The van der Waals surface area contributed by atoms with Crippen molar-refractivity contribution in [3.05, 3.63) is 42.1 Å². The van der Waals surface area contributed by atoms with Gasteiger partial charge >= 0.3 is 0 Å². The Hall–Kier alpha value is -1.94. The molecule has 2 atom stereocenters. The van der Waals surface area contributed by atoms with Crippen LogP contribution in [0.5, 0.6) is 0 Å². The van der Waals surface area contributed by atoms with Gasteiger partial charge in [0.1, 0.15) is 0 Å². The number of aliphatic hydroxyl groups is 1. The number of fused-ring (bicyclic) bond motifs is 1. The van der Waals surface area contributed by atoms with Gasteiger partial charge in [-0.1, -0.05) is 38.5 Å². The summed E-state index contributed by atoms with van der Waals surface area (Å²) in [5.74, 6) is -0.00422. The predicted octanol–water partition coefficient (Wildman–Crippen LogP) is 2.37. The van der Waals surface area contributed by atoms with E-state index in [2.05, 4.69) is 10.3 Å². The fourth-order valence-corrected chi connectivity index (χ4v) is 2.06. The number of rotatable bonds is 5. The van der Waals surface area contributed by atoms with Crippen LogP contribution in [0.25, 0.3) is 10.9 Å². The second-order valence-corrected chi connectivity index (χ2v) is 5.04. The van der Waals surface area contributed by atoms with E-state index in [1.54, 1.807) is 12.3 Å². The van der Waals surface area contributed by atoms with E-state index in [-0.39, 0.29) is 18.4 Å². The quantitative estimate of drug-likeness (QED) is 0.878. The van der Waals surface area contributed by atoms with Crippen LogP contribution in [0.1, 0.15) is 30.6 Å². The van der Waals surface area contributed by atoms with E-state index in [0.717, 1.165) is 17.3 Å². The Bertz CT molecular complexity index is 593. The zero-order valence-electron chi connectivity index (χ0n) is 11.8. The first-order chi connectivity index (χ1) is 9.63. The van der Waals surface area contributed by atoms with Gasteiger partial charge in [-0.3, -0.25) is 9.78 Å². The summed E-state index contributed by atoms with van der Waals surface area (Å²) in [5.41, 5.74) is 1.38. The second-order valence-electron chi connectivity index (χ2n) is 5.04. The summed E-state index contributed by atoms with van der Waals surface area (Å²) in [4.78, 5) is 16.5. The number of carbonyl (C=O) groups is 1. The number of nitrogens with zero attached hydrogens (tertiary/aromatic N) is 1. The maximum atomic E-state index is 12.2. The van der Waals surface area contributed by atoms with E-state index in [0.29, 0.717) is 5.56 Å². The Morgan fingerprint density at radius 3 is 2.85 bits per heavy atom. The van der Waals surface area contributed by atoms with E-state index in [1.807, 2.05) is 38.1 Å². The number of benzene rings is 1. The van der Waals surface area contributed by atoms with Crippen molar-refractivity contribution in [2.45, 2.75) is 26.4 Å². The van der Waals surface area contributed by atoms with Gasteiger partial charge in [-0.2, -0.15) is 0 Å². The molecule has 0 fully saturated rings. The van der Waals surface area contributed by atoms with Gasteiger partial charge in [-0.15, -0.1) is 0 Å². The molecule has 0 aliphatic rings. The van der Waals surface area contributed by atoms with Crippen LogP contribution in [0, 0.1) is 5.92 Å². The van der Waals surface area contributed by atoms with Crippen LogP contribution in [-0.2, 0) is 0 Å². The molecule has 0 saturated heterocycles. The number of nitrogens with one attached hydrogen (secondary N) is 1. The molecule has 1 heterocycles. The Labute approximate surface area is 118 Å². The molecule has 0 saturated carbocycles. The summed E-state index contributed by atoms with van der Waals surface area (Å²) in [6, 6.07) is 9.23. The number of para-hydroxylation sites is 1. The van der Waals surface area contributed by atoms with Gasteiger partial charge in [0.05, 0.1) is 17.2 Å². The van der Waals surface area contributed by atoms with Gasteiger partial charge in [0, 0.05) is 18.1 Å². The second kappa shape index (κ2) is 6.48. The third-order valence-corrected chi connectivity index (χ3v) is 3.67. The summed E-state index contributed by atoms with van der Waals surface area (Å²) in [5, 5.41) is 13.5. The summed E-state index contributed by atoms with van der Waals surface area (Å²) >= 11 is 0. The number of aromatic nitrogens is 1. The Morgan fingerprint density at radius 1 is 1.35 bits per heavy atom. The molecule has 2 N–H and O–H groups in total. The third-order valence-electron chi connectivity index (χ3n) is 3.67. The van der Waals surface area contributed by atoms with Crippen LogP contribution in [0.15, 0.2) is 36.5 Å². The smallest absolute Gasteiger partial charge is 0.252 e. The molecule has 2 unspecified atom stereocenters. The summed E-state index contributed by atoms with van der Waals surface area (Å²) < 4.78 is 0. The third kappa shape index (κ3) is 3.14. The van der Waals surface area contributed by atoms with E-state index >= 15 is 0 Å². The zero-order chi connectivity index (χ0) is 14.5. The first-order valence-corrected chi connectivity index (χ1v) is 6.93. The lowest BCUT2D eigenvalue weighted by molar-refractivity contribution is 0.0851. The van der Waals surface area contributed by atoms with E-state index in [1.165, 1.54) is 0 Å². The van der Waals surface area contributed by atoms with Crippen LogP contribution < -0.4 is 5.32 Å². The number of hydrogen-bond donors (Lipinski definition) is 2. The monoisotopic (exact) mass is 272 g/mol. The number of carbonyl (C=O) groups excluding carboxylic acids is 1. The minimum Gasteiger partial charge on any atom is -0.391 e. The number of hydrogen-bond acceptors (Lipinski definition) is 3. The Balaban J connectivity index is 2.12. The molecule has 1 aromatic carbocycles. The fourth-order valence-electron chi connectivity index (χ4n) is 2.06. The van der Waals surface area contributed by atoms with Crippen LogP contribution in [0.2, 0.25) is 0 Å². The van der Waals surface area contributed by atoms with E-state index in [9.17, 15) is 9.90 Å². The summed E-state index contributed by atoms with van der Waals surface area (Å²) in [6.45, 7) is 4.26. The summed E-state index contributed by atoms with van der Waals surface area (Å²) in [6.07, 6.45) is 1.99. The van der Waals surface area contributed by atoms with Crippen LogP contribution in [0.3, 0.4) is 0 Å². The van der Waals surface area contributed by atoms with Crippen molar-refractivity contribution in [1.29, 1.82) is 0 Å².